The van der Waals surface area contributed by atoms with E-state index in [0.717, 1.165) is 5.56 Å². The Balaban J connectivity index is 2.15. The van der Waals surface area contributed by atoms with Crippen LogP contribution in [-0.2, 0) is 6.61 Å². The Morgan fingerprint density at radius 2 is 2.10 bits per heavy atom. The lowest BCUT2D eigenvalue weighted by molar-refractivity contribution is 0.300. The fourth-order valence-electron chi connectivity index (χ4n) is 1.83. The summed E-state index contributed by atoms with van der Waals surface area (Å²) in [6, 6.07) is 11.2. The van der Waals surface area contributed by atoms with Gasteiger partial charge in [-0.1, -0.05) is 17.7 Å². The molecule has 0 radical (unpaired) electrons. The zero-order chi connectivity index (χ0) is 15.4. The van der Waals surface area contributed by atoms with Gasteiger partial charge in [-0.3, -0.25) is 0 Å². The first-order chi connectivity index (χ1) is 10.0. The summed E-state index contributed by atoms with van der Waals surface area (Å²) >= 11 is 6.11. The fraction of sp³-hybridized carbons (Fsp3) is 0.188. The third-order valence-electron chi connectivity index (χ3n) is 3.04. The SMILES string of the molecule is C[C@H](N)c1ccc(OCc2cc(C#N)ccc2F)c(Cl)c1. The van der Waals surface area contributed by atoms with Gasteiger partial charge in [-0.2, -0.15) is 5.26 Å². The normalized spacial score (nSPS) is 11.8. The van der Waals surface area contributed by atoms with Crippen molar-refractivity contribution < 1.29 is 9.13 Å². The Labute approximate surface area is 127 Å². The zero-order valence-electron chi connectivity index (χ0n) is 11.4. The summed E-state index contributed by atoms with van der Waals surface area (Å²) in [5.74, 6) is 0.0279. The highest BCUT2D eigenvalue weighted by molar-refractivity contribution is 6.32. The zero-order valence-corrected chi connectivity index (χ0v) is 12.2. The molecule has 0 fully saturated rings. The van der Waals surface area contributed by atoms with E-state index in [0.29, 0.717) is 21.9 Å². The van der Waals surface area contributed by atoms with Crippen LogP contribution in [0.15, 0.2) is 36.4 Å². The van der Waals surface area contributed by atoms with Crippen LogP contribution in [0.5, 0.6) is 5.75 Å². The molecular formula is C16H14ClFN2O. The number of hydrogen-bond acceptors (Lipinski definition) is 3. The highest BCUT2D eigenvalue weighted by Gasteiger charge is 2.08. The molecule has 21 heavy (non-hydrogen) atoms. The van der Waals surface area contributed by atoms with Gasteiger partial charge in [0.15, 0.2) is 0 Å². The summed E-state index contributed by atoms with van der Waals surface area (Å²) < 4.78 is 19.2. The van der Waals surface area contributed by atoms with E-state index in [2.05, 4.69) is 0 Å². The lowest BCUT2D eigenvalue weighted by Gasteiger charge is -2.11. The van der Waals surface area contributed by atoms with Crippen LogP contribution in [0.2, 0.25) is 5.02 Å². The van der Waals surface area contributed by atoms with Crippen LogP contribution in [0.1, 0.15) is 29.7 Å². The third-order valence-corrected chi connectivity index (χ3v) is 3.34. The van der Waals surface area contributed by atoms with Crippen LogP contribution >= 0.6 is 11.6 Å². The van der Waals surface area contributed by atoms with Crippen molar-refractivity contribution in [2.24, 2.45) is 5.73 Å². The Morgan fingerprint density at radius 1 is 1.33 bits per heavy atom. The molecule has 1 atom stereocenters. The van der Waals surface area contributed by atoms with Crippen LogP contribution in [0, 0.1) is 17.1 Å². The maximum absolute atomic E-state index is 13.6. The molecular weight excluding hydrogens is 291 g/mol. The van der Waals surface area contributed by atoms with Gasteiger partial charge in [0.05, 0.1) is 16.7 Å². The number of nitrogens with two attached hydrogens (primary N) is 1. The minimum Gasteiger partial charge on any atom is -0.487 e. The van der Waals surface area contributed by atoms with Crippen molar-refractivity contribution in [1.82, 2.24) is 0 Å². The second-order valence-electron chi connectivity index (χ2n) is 4.69. The van der Waals surface area contributed by atoms with E-state index < -0.39 is 5.82 Å². The Morgan fingerprint density at radius 3 is 2.71 bits per heavy atom. The van der Waals surface area contributed by atoms with Crippen molar-refractivity contribution in [3.05, 3.63) is 63.9 Å². The van der Waals surface area contributed by atoms with Crippen molar-refractivity contribution in [2.45, 2.75) is 19.6 Å². The summed E-state index contributed by atoms with van der Waals surface area (Å²) in [6.45, 7) is 1.85. The van der Waals surface area contributed by atoms with Crippen LogP contribution in [0.25, 0.3) is 0 Å². The molecule has 0 aliphatic carbocycles. The summed E-state index contributed by atoms with van der Waals surface area (Å²) in [7, 11) is 0. The van der Waals surface area contributed by atoms with Crippen LogP contribution < -0.4 is 10.5 Å². The highest BCUT2D eigenvalue weighted by Crippen LogP contribution is 2.28. The third kappa shape index (κ3) is 3.72. The minimum atomic E-state index is -0.419. The monoisotopic (exact) mass is 304 g/mol. The second-order valence-corrected chi connectivity index (χ2v) is 5.09. The molecule has 5 heteroatoms. The molecule has 108 valence electrons. The Hall–Kier alpha value is -2.09. The molecule has 0 aromatic heterocycles. The van der Waals surface area contributed by atoms with Gasteiger partial charge < -0.3 is 10.5 Å². The predicted molar refractivity (Wildman–Crippen MR) is 79.5 cm³/mol. The molecule has 2 N–H and O–H groups in total. The van der Waals surface area contributed by atoms with Gasteiger partial charge >= 0.3 is 0 Å². The van der Waals surface area contributed by atoms with Crippen molar-refractivity contribution in [2.75, 3.05) is 0 Å². The Kier molecular flexibility index (Phi) is 4.79. The van der Waals surface area contributed by atoms with E-state index in [1.165, 1.54) is 18.2 Å². The summed E-state index contributed by atoms with van der Waals surface area (Å²) in [5, 5.41) is 9.24. The van der Waals surface area contributed by atoms with E-state index in [-0.39, 0.29) is 12.6 Å². The van der Waals surface area contributed by atoms with E-state index in [9.17, 15) is 4.39 Å². The van der Waals surface area contributed by atoms with Crippen LogP contribution in [-0.4, -0.2) is 0 Å². The van der Waals surface area contributed by atoms with Crippen LogP contribution in [0.3, 0.4) is 0 Å². The van der Waals surface area contributed by atoms with Crippen molar-refractivity contribution >= 4 is 11.6 Å². The quantitative estimate of drug-likeness (QED) is 0.930. The minimum absolute atomic E-state index is 0.00139. The first-order valence-corrected chi connectivity index (χ1v) is 6.75. The smallest absolute Gasteiger partial charge is 0.138 e. The summed E-state index contributed by atoms with van der Waals surface area (Å²) in [5.41, 5.74) is 7.35. The maximum atomic E-state index is 13.6. The number of nitrogens with zero attached hydrogens (tertiary/aromatic N) is 1. The maximum Gasteiger partial charge on any atom is 0.138 e. The molecule has 3 nitrogen and oxygen atoms in total. The lowest BCUT2D eigenvalue weighted by Crippen LogP contribution is -2.05. The number of ether oxygens (including phenoxy) is 1. The van der Waals surface area contributed by atoms with Crippen molar-refractivity contribution in [3.8, 4) is 11.8 Å². The molecule has 0 aliphatic heterocycles. The molecule has 0 bridgehead atoms. The largest absolute Gasteiger partial charge is 0.487 e. The molecule has 0 spiro atoms. The fourth-order valence-corrected chi connectivity index (χ4v) is 2.07. The van der Waals surface area contributed by atoms with Gasteiger partial charge in [0.25, 0.3) is 0 Å². The number of halogens is 2. The molecule has 0 saturated carbocycles. The summed E-state index contributed by atoms with van der Waals surface area (Å²) in [6.07, 6.45) is 0. The van der Waals surface area contributed by atoms with E-state index in [4.69, 9.17) is 27.3 Å². The number of benzene rings is 2. The number of nitriles is 1. The molecule has 0 unspecified atom stereocenters. The molecule has 2 aromatic rings. The van der Waals surface area contributed by atoms with Gasteiger partial charge in [0.2, 0.25) is 0 Å². The van der Waals surface area contributed by atoms with Gasteiger partial charge in [-0.25, -0.2) is 4.39 Å². The molecule has 0 amide bonds. The van der Waals surface area contributed by atoms with Gasteiger partial charge in [-0.05, 0) is 42.8 Å². The highest BCUT2D eigenvalue weighted by atomic mass is 35.5. The number of rotatable bonds is 4. The first-order valence-electron chi connectivity index (χ1n) is 6.37. The average molecular weight is 305 g/mol. The lowest BCUT2D eigenvalue weighted by atomic mass is 10.1. The van der Waals surface area contributed by atoms with Gasteiger partial charge in [0.1, 0.15) is 18.2 Å². The number of hydrogen-bond donors (Lipinski definition) is 1. The molecule has 2 rings (SSSR count). The topological polar surface area (TPSA) is 59.0 Å². The average Bonchev–Trinajstić information content (AvgIpc) is 2.47. The van der Waals surface area contributed by atoms with E-state index in [1.54, 1.807) is 12.1 Å². The van der Waals surface area contributed by atoms with Crippen molar-refractivity contribution in [1.29, 1.82) is 5.26 Å². The molecule has 2 aromatic carbocycles. The first kappa shape index (κ1) is 15.3. The molecule has 0 heterocycles. The molecule has 0 aliphatic rings. The standard InChI is InChI=1S/C16H14ClFN2O/c1-10(20)12-3-5-16(14(17)7-12)21-9-13-6-11(8-19)2-4-15(13)18/h2-7,10H,9,20H2,1H3/t10-/m0/s1. The van der Waals surface area contributed by atoms with Crippen molar-refractivity contribution in [3.63, 3.8) is 0 Å². The molecule has 0 saturated heterocycles. The van der Waals surface area contributed by atoms with Crippen LogP contribution in [0.4, 0.5) is 4.39 Å². The van der Waals surface area contributed by atoms with Gasteiger partial charge in [-0.15, -0.1) is 0 Å². The Bertz CT molecular complexity index is 695. The van der Waals surface area contributed by atoms with E-state index >= 15 is 0 Å². The second kappa shape index (κ2) is 6.57. The van der Waals surface area contributed by atoms with Gasteiger partial charge in [0, 0.05) is 11.6 Å². The summed E-state index contributed by atoms with van der Waals surface area (Å²) in [4.78, 5) is 0. The van der Waals surface area contributed by atoms with E-state index in [1.807, 2.05) is 19.1 Å². The predicted octanol–water partition coefficient (Wildman–Crippen LogP) is 3.95.